The number of thioether (sulfide) groups is 1. The van der Waals surface area contributed by atoms with Crippen LogP contribution in [0.15, 0.2) is 23.4 Å². The maximum atomic E-state index is 6.08. The number of hydrogen-bond acceptors (Lipinski definition) is 3. The van der Waals surface area contributed by atoms with Crippen molar-refractivity contribution in [2.45, 2.75) is 17.7 Å². The van der Waals surface area contributed by atoms with E-state index in [4.69, 9.17) is 23.2 Å². The molecule has 17 heavy (non-hydrogen) atoms. The van der Waals surface area contributed by atoms with Gasteiger partial charge in [0.1, 0.15) is 5.15 Å². The summed E-state index contributed by atoms with van der Waals surface area (Å²) in [6, 6.07) is 3.70. The summed E-state index contributed by atoms with van der Waals surface area (Å²) >= 11 is 13.5. The highest BCUT2D eigenvalue weighted by atomic mass is 35.5. The van der Waals surface area contributed by atoms with Gasteiger partial charge in [0.2, 0.25) is 0 Å². The summed E-state index contributed by atoms with van der Waals surface area (Å²) in [6.45, 7) is 1.97. The molecule has 90 valence electrons. The van der Waals surface area contributed by atoms with Crippen molar-refractivity contribution in [3.63, 3.8) is 0 Å². The van der Waals surface area contributed by atoms with Crippen molar-refractivity contribution >= 4 is 35.0 Å². The van der Waals surface area contributed by atoms with Crippen LogP contribution in [0.4, 0.5) is 0 Å². The van der Waals surface area contributed by atoms with Crippen LogP contribution in [0.1, 0.15) is 11.3 Å². The van der Waals surface area contributed by atoms with Crippen LogP contribution in [0.5, 0.6) is 0 Å². The molecule has 0 saturated heterocycles. The summed E-state index contributed by atoms with van der Waals surface area (Å²) in [5, 5.41) is 6.46. The van der Waals surface area contributed by atoms with Gasteiger partial charge in [0.15, 0.2) is 0 Å². The molecule has 6 heteroatoms. The molecule has 0 aliphatic carbocycles. The van der Waals surface area contributed by atoms with Gasteiger partial charge in [0.05, 0.1) is 10.7 Å². The molecule has 0 unspecified atom stereocenters. The van der Waals surface area contributed by atoms with Gasteiger partial charge in [-0.3, -0.25) is 4.68 Å². The van der Waals surface area contributed by atoms with Crippen molar-refractivity contribution in [3.8, 4) is 0 Å². The van der Waals surface area contributed by atoms with E-state index in [9.17, 15) is 0 Å². The third-order valence-electron chi connectivity index (χ3n) is 2.23. The van der Waals surface area contributed by atoms with Gasteiger partial charge in [-0.15, -0.1) is 11.8 Å². The molecule has 0 bridgehead atoms. The lowest BCUT2D eigenvalue weighted by atomic mass is 10.3. The Kier molecular flexibility index (Phi) is 3.97. The van der Waals surface area contributed by atoms with E-state index in [2.05, 4.69) is 10.1 Å². The largest absolute Gasteiger partial charge is 0.262 e. The van der Waals surface area contributed by atoms with Gasteiger partial charge in [-0.1, -0.05) is 23.2 Å². The Hall–Kier alpha value is -0.710. The molecule has 0 aliphatic heterocycles. The highest BCUT2D eigenvalue weighted by molar-refractivity contribution is 7.98. The number of hydrogen-bond donors (Lipinski definition) is 0. The first-order valence-corrected chi connectivity index (χ1v) is 6.74. The predicted octanol–water partition coefficient (Wildman–Crippen LogP) is 3.72. The molecule has 0 atom stereocenters. The molecule has 2 rings (SSSR count). The Labute approximate surface area is 114 Å². The lowest BCUT2D eigenvalue weighted by Gasteiger charge is -2.04. The maximum absolute atomic E-state index is 6.08. The van der Waals surface area contributed by atoms with Crippen LogP contribution >= 0.6 is 35.0 Å². The molecule has 3 nitrogen and oxygen atoms in total. The van der Waals surface area contributed by atoms with E-state index >= 15 is 0 Å². The molecule has 0 N–H and O–H groups in total. The monoisotopic (exact) mass is 287 g/mol. The van der Waals surface area contributed by atoms with Crippen molar-refractivity contribution in [3.05, 3.63) is 39.8 Å². The highest BCUT2D eigenvalue weighted by Crippen LogP contribution is 2.27. The van der Waals surface area contributed by atoms with Gasteiger partial charge in [0, 0.05) is 24.0 Å². The van der Waals surface area contributed by atoms with Crippen molar-refractivity contribution in [1.82, 2.24) is 14.8 Å². The molecule has 2 aromatic heterocycles. The fourth-order valence-corrected chi connectivity index (χ4v) is 2.94. The fourth-order valence-electron chi connectivity index (χ4n) is 1.42. The molecule has 0 spiro atoms. The Bertz CT molecular complexity index is 540. The number of pyridine rings is 1. The number of halogens is 2. The number of nitrogens with zero attached hydrogens (tertiary/aromatic N) is 3. The van der Waals surface area contributed by atoms with E-state index in [1.807, 2.05) is 24.7 Å². The van der Waals surface area contributed by atoms with Gasteiger partial charge in [-0.05, 0) is 24.6 Å². The van der Waals surface area contributed by atoms with Crippen LogP contribution in [-0.4, -0.2) is 14.8 Å². The van der Waals surface area contributed by atoms with Crippen molar-refractivity contribution in [1.29, 1.82) is 0 Å². The first-order chi connectivity index (χ1) is 8.06. The molecule has 0 amide bonds. The molecular weight excluding hydrogens is 277 g/mol. The average Bonchev–Trinajstić information content (AvgIpc) is 2.56. The first-order valence-electron chi connectivity index (χ1n) is 4.99. The van der Waals surface area contributed by atoms with E-state index in [1.54, 1.807) is 24.0 Å². The maximum Gasteiger partial charge on any atom is 0.130 e. The minimum atomic E-state index is 0.417. The van der Waals surface area contributed by atoms with Crippen LogP contribution in [0.25, 0.3) is 0 Å². The topological polar surface area (TPSA) is 30.7 Å². The average molecular weight is 288 g/mol. The third kappa shape index (κ3) is 3.15. The summed E-state index contributed by atoms with van der Waals surface area (Å²) < 4.78 is 1.86. The van der Waals surface area contributed by atoms with E-state index in [-0.39, 0.29) is 0 Å². The van der Waals surface area contributed by atoms with Crippen LogP contribution in [0.3, 0.4) is 0 Å². The molecule has 2 heterocycles. The Balaban J connectivity index is 2.10. The predicted molar refractivity (Wildman–Crippen MR) is 71.8 cm³/mol. The zero-order valence-corrected chi connectivity index (χ0v) is 11.8. The Morgan fingerprint density at radius 3 is 2.71 bits per heavy atom. The summed E-state index contributed by atoms with van der Waals surface area (Å²) in [5.41, 5.74) is 1.98. The van der Waals surface area contributed by atoms with Crippen LogP contribution < -0.4 is 0 Å². The lowest BCUT2D eigenvalue weighted by Crippen LogP contribution is -1.93. The quantitative estimate of drug-likeness (QED) is 0.637. The smallest absolute Gasteiger partial charge is 0.130 e. The molecule has 0 aromatic carbocycles. The Morgan fingerprint density at radius 2 is 2.12 bits per heavy atom. The van der Waals surface area contributed by atoms with E-state index in [1.165, 1.54) is 0 Å². The van der Waals surface area contributed by atoms with Crippen molar-refractivity contribution in [2.75, 3.05) is 0 Å². The fraction of sp³-hybridized carbons (Fsp3) is 0.273. The standard InChI is InChI=1S/C11H11Cl2N3S/c1-7-3-11(16(2)15-7)17-6-8-5-14-10(13)4-9(8)12/h3-5H,6H2,1-2H3. The van der Waals surface area contributed by atoms with Crippen LogP contribution in [0.2, 0.25) is 10.2 Å². The lowest BCUT2D eigenvalue weighted by molar-refractivity contribution is 0.692. The number of aryl methyl sites for hydroxylation is 2. The minimum absolute atomic E-state index is 0.417. The third-order valence-corrected chi connectivity index (χ3v) is 3.92. The molecule has 0 fully saturated rings. The summed E-state index contributed by atoms with van der Waals surface area (Å²) in [6.07, 6.45) is 1.71. The minimum Gasteiger partial charge on any atom is -0.262 e. The van der Waals surface area contributed by atoms with Crippen molar-refractivity contribution in [2.24, 2.45) is 7.05 Å². The van der Waals surface area contributed by atoms with Crippen LogP contribution in [0, 0.1) is 6.92 Å². The second-order valence-electron chi connectivity index (χ2n) is 3.63. The normalized spacial score (nSPS) is 10.8. The Morgan fingerprint density at radius 1 is 1.35 bits per heavy atom. The van der Waals surface area contributed by atoms with E-state index in [0.717, 1.165) is 22.0 Å². The molecular formula is C11H11Cl2N3S. The van der Waals surface area contributed by atoms with Gasteiger partial charge in [-0.2, -0.15) is 5.10 Å². The van der Waals surface area contributed by atoms with Crippen LogP contribution in [-0.2, 0) is 12.8 Å². The zero-order valence-electron chi connectivity index (χ0n) is 9.44. The van der Waals surface area contributed by atoms with E-state index in [0.29, 0.717) is 10.2 Å². The van der Waals surface area contributed by atoms with E-state index < -0.39 is 0 Å². The van der Waals surface area contributed by atoms with Gasteiger partial charge < -0.3 is 0 Å². The number of rotatable bonds is 3. The summed E-state index contributed by atoms with van der Waals surface area (Å²) in [5.74, 6) is 0.752. The van der Waals surface area contributed by atoms with Crippen molar-refractivity contribution < 1.29 is 0 Å². The van der Waals surface area contributed by atoms with Gasteiger partial charge in [0.25, 0.3) is 0 Å². The summed E-state index contributed by atoms with van der Waals surface area (Å²) in [4.78, 5) is 4.03. The first kappa shape index (κ1) is 12.7. The number of aromatic nitrogens is 3. The second-order valence-corrected chi connectivity index (χ2v) is 5.42. The SMILES string of the molecule is Cc1cc(SCc2cnc(Cl)cc2Cl)n(C)n1. The molecule has 0 saturated carbocycles. The second kappa shape index (κ2) is 5.29. The molecule has 0 radical (unpaired) electrons. The summed E-state index contributed by atoms with van der Waals surface area (Å²) in [7, 11) is 1.93. The highest BCUT2D eigenvalue weighted by Gasteiger charge is 2.06. The zero-order chi connectivity index (χ0) is 12.4. The van der Waals surface area contributed by atoms with Gasteiger partial charge in [-0.25, -0.2) is 4.98 Å². The molecule has 0 aliphatic rings. The van der Waals surface area contributed by atoms with Gasteiger partial charge >= 0.3 is 0 Å². The molecule has 2 aromatic rings.